The number of nitrogens with zero attached hydrogens (tertiary/aromatic N) is 1. The molecule has 1 rings (SSSR count). The summed E-state index contributed by atoms with van der Waals surface area (Å²) in [6, 6.07) is 0. The van der Waals surface area contributed by atoms with Gasteiger partial charge < -0.3 is 20.9 Å². The van der Waals surface area contributed by atoms with Crippen LogP contribution in [0.1, 0.15) is 6.92 Å². The van der Waals surface area contributed by atoms with Gasteiger partial charge in [0.1, 0.15) is 0 Å². The summed E-state index contributed by atoms with van der Waals surface area (Å²) < 4.78 is 0. The van der Waals surface area contributed by atoms with Gasteiger partial charge in [-0.25, -0.2) is 0 Å². The molecule has 15 heavy (non-hydrogen) atoms. The van der Waals surface area contributed by atoms with E-state index in [1.807, 2.05) is 0 Å². The molecule has 1 aliphatic rings. The molecule has 0 aromatic carbocycles. The smallest absolute Gasteiger partial charge is 0.0300 e. The molecule has 0 amide bonds. The predicted octanol–water partition coefficient (Wildman–Crippen LogP) is -0.396. The molecule has 1 saturated heterocycles. The van der Waals surface area contributed by atoms with Gasteiger partial charge in [-0.05, 0) is 6.92 Å². The lowest BCUT2D eigenvalue weighted by molar-refractivity contribution is 0.336. The molecular formula is C11H24N4. The highest BCUT2D eigenvalue weighted by Crippen LogP contribution is 1.97. The van der Waals surface area contributed by atoms with Gasteiger partial charge in [-0.1, -0.05) is 6.58 Å². The van der Waals surface area contributed by atoms with E-state index in [0.29, 0.717) is 0 Å². The second kappa shape index (κ2) is 7.68. The van der Waals surface area contributed by atoms with Gasteiger partial charge in [0.2, 0.25) is 0 Å². The minimum absolute atomic E-state index is 1.04. The van der Waals surface area contributed by atoms with Crippen LogP contribution in [0.25, 0.3) is 0 Å². The lowest BCUT2D eigenvalue weighted by Gasteiger charge is -2.25. The van der Waals surface area contributed by atoms with Gasteiger partial charge in [0, 0.05) is 58.1 Å². The topological polar surface area (TPSA) is 39.3 Å². The third kappa shape index (κ3) is 5.77. The van der Waals surface area contributed by atoms with Crippen molar-refractivity contribution in [1.29, 1.82) is 0 Å². The summed E-state index contributed by atoms with van der Waals surface area (Å²) in [5.41, 5.74) is 1.16. The van der Waals surface area contributed by atoms with Crippen molar-refractivity contribution in [2.24, 2.45) is 0 Å². The average Bonchev–Trinajstić information content (AvgIpc) is 2.18. The summed E-state index contributed by atoms with van der Waals surface area (Å²) in [4.78, 5) is 2.33. The molecule has 3 N–H and O–H groups in total. The number of hydrogen-bond acceptors (Lipinski definition) is 4. The van der Waals surface area contributed by atoms with Crippen LogP contribution in [0.4, 0.5) is 0 Å². The summed E-state index contributed by atoms with van der Waals surface area (Å²) in [6.07, 6.45) is 0. The summed E-state index contributed by atoms with van der Waals surface area (Å²) in [7, 11) is 0. The van der Waals surface area contributed by atoms with Crippen LogP contribution in [-0.4, -0.2) is 57.3 Å². The van der Waals surface area contributed by atoms with Crippen LogP contribution >= 0.6 is 0 Å². The van der Waals surface area contributed by atoms with Gasteiger partial charge >= 0.3 is 0 Å². The molecule has 0 saturated carbocycles. The van der Waals surface area contributed by atoms with Crippen LogP contribution < -0.4 is 16.0 Å². The lowest BCUT2D eigenvalue weighted by atomic mass is 10.3. The third-order valence-corrected chi connectivity index (χ3v) is 2.61. The molecule has 0 radical (unpaired) electrons. The average molecular weight is 212 g/mol. The molecule has 0 unspecified atom stereocenters. The van der Waals surface area contributed by atoms with Crippen molar-refractivity contribution >= 4 is 0 Å². The fourth-order valence-electron chi connectivity index (χ4n) is 1.65. The SMILES string of the molecule is C=C(C)N1CCNCCNCCNCC1. The van der Waals surface area contributed by atoms with Crippen LogP contribution in [0.5, 0.6) is 0 Å². The zero-order chi connectivity index (χ0) is 10.9. The Balaban J connectivity index is 2.28. The fourth-order valence-corrected chi connectivity index (χ4v) is 1.65. The Morgan fingerprint density at radius 2 is 1.27 bits per heavy atom. The van der Waals surface area contributed by atoms with E-state index >= 15 is 0 Å². The molecule has 4 nitrogen and oxygen atoms in total. The molecular weight excluding hydrogens is 188 g/mol. The van der Waals surface area contributed by atoms with Crippen molar-refractivity contribution in [2.75, 3.05) is 52.4 Å². The molecule has 0 aromatic heterocycles. The van der Waals surface area contributed by atoms with Gasteiger partial charge in [0.05, 0.1) is 0 Å². The molecule has 1 heterocycles. The van der Waals surface area contributed by atoms with Crippen molar-refractivity contribution in [3.63, 3.8) is 0 Å². The molecule has 88 valence electrons. The van der Waals surface area contributed by atoms with E-state index in [4.69, 9.17) is 0 Å². The monoisotopic (exact) mass is 212 g/mol. The van der Waals surface area contributed by atoms with E-state index in [-0.39, 0.29) is 0 Å². The molecule has 1 aliphatic heterocycles. The molecule has 0 aromatic rings. The second-order valence-corrected chi connectivity index (χ2v) is 3.97. The first kappa shape index (κ1) is 12.5. The van der Waals surface area contributed by atoms with E-state index in [2.05, 4.69) is 34.4 Å². The Morgan fingerprint density at radius 3 is 1.67 bits per heavy atom. The molecule has 0 bridgehead atoms. The second-order valence-electron chi connectivity index (χ2n) is 3.97. The van der Waals surface area contributed by atoms with Gasteiger partial charge in [-0.2, -0.15) is 0 Å². The van der Waals surface area contributed by atoms with Crippen molar-refractivity contribution in [3.8, 4) is 0 Å². The van der Waals surface area contributed by atoms with E-state index in [1.54, 1.807) is 0 Å². The molecule has 1 fully saturated rings. The van der Waals surface area contributed by atoms with E-state index in [0.717, 1.165) is 58.1 Å². The van der Waals surface area contributed by atoms with Gasteiger partial charge in [-0.3, -0.25) is 0 Å². The maximum atomic E-state index is 4.01. The fraction of sp³-hybridized carbons (Fsp3) is 0.818. The lowest BCUT2D eigenvalue weighted by Crippen LogP contribution is -2.40. The maximum absolute atomic E-state index is 4.01. The predicted molar refractivity (Wildman–Crippen MR) is 65.0 cm³/mol. The van der Waals surface area contributed by atoms with Crippen molar-refractivity contribution in [3.05, 3.63) is 12.3 Å². The zero-order valence-electron chi connectivity index (χ0n) is 9.81. The van der Waals surface area contributed by atoms with Crippen LogP contribution in [0.15, 0.2) is 12.3 Å². The first-order chi connectivity index (χ1) is 7.30. The van der Waals surface area contributed by atoms with Gasteiger partial charge in [-0.15, -0.1) is 0 Å². The minimum Gasteiger partial charge on any atom is -0.373 e. The summed E-state index contributed by atoms with van der Waals surface area (Å²) >= 11 is 0. The number of rotatable bonds is 1. The van der Waals surface area contributed by atoms with Crippen LogP contribution in [0.2, 0.25) is 0 Å². The Hall–Kier alpha value is -0.580. The molecule has 0 atom stereocenters. The first-order valence-corrected chi connectivity index (χ1v) is 5.83. The highest BCUT2D eigenvalue weighted by Gasteiger charge is 2.03. The first-order valence-electron chi connectivity index (χ1n) is 5.83. The van der Waals surface area contributed by atoms with Gasteiger partial charge in [0.25, 0.3) is 0 Å². The quantitative estimate of drug-likeness (QED) is 0.553. The summed E-state index contributed by atoms with van der Waals surface area (Å²) in [5.74, 6) is 0. The van der Waals surface area contributed by atoms with Crippen LogP contribution in [0, 0.1) is 0 Å². The highest BCUT2D eigenvalue weighted by molar-refractivity contribution is 4.89. The van der Waals surface area contributed by atoms with Crippen molar-refractivity contribution in [2.45, 2.75) is 6.92 Å². The van der Waals surface area contributed by atoms with Crippen LogP contribution in [-0.2, 0) is 0 Å². The highest BCUT2D eigenvalue weighted by atomic mass is 15.2. The number of nitrogens with one attached hydrogen (secondary N) is 3. The normalized spacial score (nSPS) is 21.5. The zero-order valence-corrected chi connectivity index (χ0v) is 9.81. The van der Waals surface area contributed by atoms with E-state index < -0.39 is 0 Å². The van der Waals surface area contributed by atoms with E-state index in [9.17, 15) is 0 Å². The molecule has 0 aliphatic carbocycles. The van der Waals surface area contributed by atoms with Gasteiger partial charge in [0.15, 0.2) is 0 Å². The largest absolute Gasteiger partial charge is 0.373 e. The Labute approximate surface area is 93.1 Å². The molecule has 4 heteroatoms. The number of hydrogen-bond donors (Lipinski definition) is 3. The molecule has 0 spiro atoms. The Kier molecular flexibility index (Phi) is 6.39. The Morgan fingerprint density at radius 1 is 0.867 bits per heavy atom. The Bertz CT molecular complexity index is 169. The maximum Gasteiger partial charge on any atom is 0.0300 e. The summed E-state index contributed by atoms with van der Waals surface area (Å²) in [6.45, 7) is 14.5. The van der Waals surface area contributed by atoms with E-state index in [1.165, 1.54) is 0 Å². The van der Waals surface area contributed by atoms with Crippen molar-refractivity contribution in [1.82, 2.24) is 20.9 Å². The minimum atomic E-state index is 1.04. The summed E-state index contributed by atoms with van der Waals surface area (Å²) in [5, 5.41) is 10.2. The standard InChI is InChI=1S/C11H24N4/c1-11(2)15-9-7-13-5-3-12-4-6-14-8-10-15/h12-14H,1,3-10H2,2H3. The van der Waals surface area contributed by atoms with Crippen molar-refractivity contribution < 1.29 is 0 Å². The number of allylic oxidation sites excluding steroid dienone is 1. The third-order valence-electron chi connectivity index (χ3n) is 2.61. The van der Waals surface area contributed by atoms with Crippen LogP contribution in [0.3, 0.4) is 0 Å².